The molecule has 2 atom stereocenters. The Morgan fingerprint density at radius 2 is 1.59 bits per heavy atom. The lowest BCUT2D eigenvalue weighted by atomic mass is 10.2. The largest absolute Gasteiger partial charge is 0.413 e. The van der Waals surface area contributed by atoms with Gasteiger partial charge < -0.3 is 13.9 Å². The fourth-order valence-electron chi connectivity index (χ4n) is 4.80. The summed E-state index contributed by atoms with van der Waals surface area (Å²) in [6.45, 7) is 17.2. The van der Waals surface area contributed by atoms with Crippen LogP contribution in [0.1, 0.15) is 47.1 Å². The molecule has 4 nitrogen and oxygen atoms in total. The molecule has 0 radical (unpaired) electrons. The first-order valence-electron chi connectivity index (χ1n) is 10.4. The molecule has 2 unspecified atom stereocenters. The van der Waals surface area contributed by atoms with E-state index in [0.29, 0.717) is 23.2 Å². The quantitative estimate of drug-likeness (QED) is 0.549. The Balaban J connectivity index is 2.05. The van der Waals surface area contributed by atoms with Gasteiger partial charge in [0.1, 0.15) is 0 Å². The monoisotopic (exact) mass is 393 g/mol. The van der Waals surface area contributed by atoms with Gasteiger partial charge in [0.15, 0.2) is 14.6 Å². The highest BCUT2D eigenvalue weighted by Crippen LogP contribution is 2.42. The molecule has 27 heavy (non-hydrogen) atoms. The van der Waals surface area contributed by atoms with Crippen LogP contribution >= 0.6 is 0 Å². The number of nitrogens with zero attached hydrogens (tertiary/aromatic N) is 1. The second-order valence-corrected chi connectivity index (χ2v) is 14.2. The van der Waals surface area contributed by atoms with Gasteiger partial charge in [-0.1, -0.05) is 71.9 Å². The van der Waals surface area contributed by atoms with Gasteiger partial charge in [0.05, 0.1) is 12.7 Å². The highest BCUT2D eigenvalue weighted by Gasteiger charge is 2.45. The normalized spacial score (nSPS) is 22.1. The first-order chi connectivity index (χ1) is 12.8. The Kier molecular flexibility index (Phi) is 8.50. The molecule has 0 saturated carbocycles. The van der Waals surface area contributed by atoms with Gasteiger partial charge in [-0.2, -0.15) is 0 Å². The van der Waals surface area contributed by atoms with E-state index in [0.717, 1.165) is 19.6 Å². The summed E-state index contributed by atoms with van der Waals surface area (Å²) in [7, 11) is -0.153. The van der Waals surface area contributed by atoms with Gasteiger partial charge in [0, 0.05) is 26.7 Å². The summed E-state index contributed by atoms with van der Waals surface area (Å²) in [5.41, 5.74) is 3.07. The van der Waals surface area contributed by atoms with E-state index in [1.807, 2.05) is 0 Å². The molecule has 1 heterocycles. The number of ether oxygens (including phenoxy) is 2. The molecule has 0 bridgehead atoms. The van der Waals surface area contributed by atoms with E-state index in [1.165, 1.54) is 5.56 Å². The van der Waals surface area contributed by atoms with Gasteiger partial charge in [0.2, 0.25) is 0 Å². The van der Waals surface area contributed by atoms with Crippen molar-refractivity contribution in [3.8, 4) is 0 Å². The molecular weight excluding hydrogens is 354 g/mol. The molecule has 1 aromatic carbocycles. The molecule has 1 aliphatic heterocycles. The zero-order chi connectivity index (χ0) is 20.0. The molecule has 1 aromatic rings. The van der Waals surface area contributed by atoms with E-state index >= 15 is 0 Å². The lowest BCUT2D eigenvalue weighted by Gasteiger charge is -2.44. The Morgan fingerprint density at radius 3 is 2.11 bits per heavy atom. The minimum Gasteiger partial charge on any atom is -0.413 e. The van der Waals surface area contributed by atoms with Crippen molar-refractivity contribution in [3.05, 3.63) is 35.9 Å². The number of rotatable bonds is 9. The summed E-state index contributed by atoms with van der Waals surface area (Å²) in [4.78, 5) is 2.42. The fourth-order valence-corrected chi connectivity index (χ4v) is 10.3. The van der Waals surface area contributed by atoms with Crippen molar-refractivity contribution < 1.29 is 13.9 Å². The first kappa shape index (κ1) is 22.6. The van der Waals surface area contributed by atoms with Crippen molar-refractivity contribution in [1.29, 1.82) is 0 Å². The Morgan fingerprint density at radius 1 is 1.00 bits per heavy atom. The van der Waals surface area contributed by atoms with Crippen LogP contribution in [-0.4, -0.2) is 52.4 Å². The highest BCUT2D eigenvalue weighted by atomic mass is 28.4. The van der Waals surface area contributed by atoms with Gasteiger partial charge in [0.25, 0.3) is 0 Å². The molecular formula is C22H39NO3Si. The van der Waals surface area contributed by atoms with Crippen LogP contribution in [0.5, 0.6) is 0 Å². The van der Waals surface area contributed by atoms with Gasteiger partial charge in [-0.3, -0.25) is 4.90 Å². The predicted molar refractivity (Wildman–Crippen MR) is 114 cm³/mol. The molecule has 1 fully saturated rings. The van der Waals surface area contributed by atoms with Crippen LogP contribution < -0.4 is 0 Å². The zero-order valence-corrected chi connectivity index (χ0v) is 19.3. The third-order valence-corrected chi connectivity index (χ3v) is 12.0. The number of morpholine rings is 1. The van der Waals surface area contributed by atoms with E-state index in [4.69, 9.17) is 13.9 Å². The minimum atomic E-state index is -1.88. The van der Waals surface area contributed by atoms with Crippen molar-refractivity contribution in [2.75, 3.05) is 26.8 Å². The molecule has 0 amide bonds. The van der Waals surface area contributed by atoms with E-state index in [9.17, 15) is 0 Å². The van der Waals surface area contributed by atoms with Crippen molar-refractivity contribution >= 4 is 8.32 Å². The number of hydrogen-bond acceptors (Lipinski definition) is 4. The summed E-state index contributed by atoms with van der Waals surface area (Å²) in [5, 5.41) is 0. The molecule has 0 spiro atoms. The molecule has 0 aliphatic carbocycles. The van der Waals surface area contributed by atoms with Gasteiger partial charge in [-0.15, -0.1) is 0 Å². The maximum atomic E-state index is 6.78. The molecule has 5 heteroatoms. The topological polar surface area (TPSA) is 30.9 Å². The Bertz CT molecular complexity index is 528. The fraction of sp³-hybridized carbons (Fsp3) is 0.727. The average Bonchev–Trinajstić information content (AvgIpc) is 2.62. The standard InChI is InChI=1S/C22H39NO3Si/c1-17(2)27(18(3)4,19(5)6)25-16-21-14-23(15-22(24-7)26-21)13-20-11-9-8-10-12-20/h8-12,17-19,21-22H,13-16H2,1-7H3. The SMILES string of the molecule is COC1CN(Cc2ccccc2)CC(CO[Si](C(C)C)(C(C)C)C(C)C)O1. The number of hydrogen-bond donors (Lipinski definition) is 0. The maximum absolute atomic E-state index is 6.78. The second kappa shape index (κ2) is 10.2. The Hall–Kier alpha value is -0.723. The Labute approximate surface area is 167 Å². The van der Waals surface area contributed by atoms with Crippen LogP contribution in [0.4, 0.5) is 0 Å². The summed E-state index contributed by atoms with van der Waals surface area (Å²) < 4.78 is 18.5. The van der Waals surface area contributed by atoms with Gasteiger partial charge in [-0.05, 0) is 22.2 Å². The second-order valence-electron chi connectivity index (χ2n) is 8.73. The van der Waals surface area contributed by atoms with Crippen LogP contribution in [0.15, 0.2) is 30.3 Å². The smallest absolute Gasteiger partial charge is 0.200 e. The first-order valence-corrected chi connectivity index (χ1v) is 12.5. The van der Waals surface area contributed by atoms with E-state index in [2.05, 4.69) is 76.8 Å². The van der Waals surface area contributed by atoms with Crippen LogP contribution in [0.3, 0.4) is 0 Å². The summed E-state index contributed by atoms with van der Waals surface area (Å²) in [6.07, 6.45) is -0.139. The van der Waals surface area contributed by atoms with Crippen LogP contribution in [0.25, 0.3) is 0 Å². The maximum Gasteiger partial charge on any atom is 0.200 e. The molecule has 0 N–H and O–H groups in total. The summed E-state index contributed by atoms with van der Waals surface area (Å²) >= 11 is 0. The molecule has 154 valence electrons. The van der Waals surface area contributed by atoms with Crippen molar-refractivity contribution in [2.24, 2.45) is 0 Å². The lowest BCUT2D eigenvalue weighted by Crippen LogP contribution is -2.53. The van der Waals surface area contributed by atoms with Crippen molar-refractivity contribution in [2.45, 2.75) is 77.1 Å². The van der Waals surface area contributed by atoms with Crippen molar-refractivity contribution in [3.63, 3.8) is 0 Å². The van der Waals surface area contributed by atoms with E-state index < -0.39 is 8.32 Å². The summed E-state index contributed by atoms with van der Waals surface area (Å²) in [6, 6.07) is 10.6. The van der Waals surface area contributed by atoms with Crippen LogP contribution in [-0.2, 0) is 20.4 Å². The molecule has 0 aromatic heterocycles. The average molecular weight is 394 g/mol. The number of benzene rings is 1. The van der Waals surface area contributed by atoms with Crippen molar-refractivity contribution in [1.82, 2.24) is 4.90 Å². The zero-order valence-electron chi connectivity index (χ0n) is 18.3. The summed E-state index contributed by atoms with van der Waals surface area (Å²) in [5.74, 6) is 0. The molecule has 1 aliphatic rings. The third kappa shape index (κ3) is 5.64. The molecule has 2 rings (SSSR count). The minimum absolute atomic E-state index is 0.0514. The predicted octanol–water partition coefficient (Wildman–Crippen LogP) is 5.05. The van der Waals surface area contributed by atoms with E-state index in [-0.39, 0.29) is 12.4 Å². The van der Waals surface area contributed by atoms with Crippen LogP contribution in [0, 0.1) is 0 Å². The third-order valence-electron chi connectivity index (χ3n) is 5.95. The van der Waals surface area contributed by atoms with Gasteiger partial charge in [-0.25, -0.2) is 0 Å². The lowest BCUT2D eigenvalue weighted by molar-refractivity contribution is -0.206. The molecule has 1 saturated heterocycles. The van der Waals surface area contributed by atoms with Gasteiger partial charge >= 0.3 is 0 Å². The van der Waals surface area contributed by atoms with Crippen LogP contribution in [0.2, 0.25) is 16.6 Å². The number of methoxy groups -OCH3 is 1. The van der Waals surface area contributed by atoms with E-state index in [1.54, 1.807) is 7.11 Å². The highest BCUT2D eigenvalue weighted by molar-refractivity contribution is 6.77.